The van der Waals surface area contributed by atoms with Crippen LogP contribution in [0.5, 0.6) is 6.01 Å². The number of ether oxygens (including phenoxy) is 3. The Hall–Kier alpha value is -2.81. The van der Waals surface area contributed by atoms with Gasteiger partial charge in [-0.05, 0) is 44.9 Å². The van der Waals surface area contributed by atoms with Gasteiger partial charge in [-0.3, -0.25) is 0 Å². The highest BCUT2D eigenvalue weighted by molar-refractivity contribution is 6.31. The molecule has 3 aromatic rings. The molecule has 4 atom stereocenters. The van der Waals surface area contributed by atoms with E-state index < -0.39 is 41.7 Å². The average Bonchev–Trinajstić information content (AvgIpc) is 3.48. The summed E-state index contributed by atoms with van der Waals surface area (Å²) >= 11 is 6.38. The summed E-state index contributed by atoms with van der Waals surface area (Å²) < 4.78 is 46.2. The number of nitrogens with one attached hydrogen (secondary N) is 1. The van der Waals surface area contributed by atoms with E-state index in [1.165, 1.54) is 13.8 Å². The highest BCUT2D eigenvalue weighted by Gasteiger charge is 2.48. The number of aryl methyl sites for hydroxylation is 1. The zero-order valence-electron chi connectivity index (χ0n) is 19.5. The molecule has 0 saturated carbocycles. The van der Waals surface area contributed by atoms with Gasteiger partial charge < -0.3 is 29.4 Å². The number of hydrogen-bond acceptors (Lipinski definition) is 7. The summed E-state index contributed by atoms with van der Waals surface area (Å²) in [6, 6.07) is 4.10. The van der Waals surface area contributed by atoms with Crippen molar-refractivity contribution >= 4 is 22.8 Å². The molecule has 36 heavy (non-hydrogen) atoms. The molecular formula is C25H24ClF2N3O5. The number of aliphatic hydroxyl groups is 2. The van der Waals surface area contributed by atoms with E-state index in [-0.39, 0.29) is 43.2 Å². The van der Waals surface area contributed by atoms with Crippen LogP contribution < -0.4 is 4.74 Å². The summed E-state index contributed by atoms with van der Waals surface area (Å²) in [5.74, 6) is 3.63. The van der Waals surface area contributed by atoms with Crippen LogP contribution >= 0.6 is 11.6 Å². The molecule has 3 N–H and O–H groups in total. The minimum absolute atomic E-state index is 0.0189. The van der Waals surface area contributed by atoms with Gasteiger partial charge in [0.15, 0.2) is 11.8 Å². The standard InChI is InChI=1S/C25H24ClF2N3O5/c1-25(2,33)6-5-12-7-15(27)13(16(28)8-12)3-4-17-14(26)9-18-23(29-17)31-24(30-18)36-20-11-35-21-19(32)10-34-22(20)21/h7-9,19-22,32-33H,3-4,10-11H2,1-2H3,(H,29,30,31)/t19-,20-,21-,22-/m1/s1. The summed E-state index contributed by atoms with van der Waals surface area (Å²) in [6.45, 7) is 3.41. The van der Waals surface area contributed by atoms with Gasteiger partial charge in [-0.2, -0.15) is 4.98 Å². The molecule has 2 fully saturated rings. The van der Waals surface area contributed by atoms with Gasteiger partial charge >= 0.3 is 0 Å². The predicted octanol–water partition coefficient (Wildman–Crippen LogP) is 2.70. The predicted molar refractivity (Wildman–Crippen MR) is 126 cm³/mol. The third-order valence-corrected chi connectivity index (χ3v) is 6.32. The van der Waals surface area contributed by atoms with Gasteiger partial charge in [-0.15, -0.1) is 0 Å². The second-order valence-corrected chi connectivity index (χ2v) is 9.78. The lowest BCUT2D eigenvalue weighted by Gasteiger charge is -2.15. The molecular weight excluding hydrogens is 496 g/mol. The van der Waals surface area contributed by atoms with Crippen LogP contribution in [0.4, 0.5) is 8.78 Å². The Morgan fingerprint density at radius 3 is 2.58 bits per heavy atom. The summed E-state index contributed by atoms with van der Waals surface area (Å²) in [7, 11) is 0. The number of rotatable bonds is 5. The first kappa shape index (κ1) is 24.9. The monoisotopic (exact) mass is 519 g/mol. The van der Waals surface area contributed by atoms with Crippen molar-refractivity contribution in [2.24, 2.45) is 0 Å². The molecule has 0 spiro atoms. The fraction of sp³-hybridized carbons (Fsp3) is 0.440. The van der Waals surface area contributed by atoms with Gasteiger partial charge in [0.2, 0.25) is 0 Å². The minimum atomic E-state index is -1.27. The van der Waals surface area contributed by atoms with Crippen LogP contribution in [0.25, 0.3) is 11.2 Å². The van der Waals surface area contributed by atoms with E-state index in [4.69, 9.17) is 25.8 Å². The lowest BCUT2D eigenvalue weighted by molar-refractivity contribution is 0.00706. The lowest BCUT2D eigenvalue weighted by Crippen LogP contribution is -2.34. The van der Waals surface area contributed by atoms with Gasteiger partial charge in [-0.25, -0.2) is 13.8 Å². The van der Waals surface area contributed by atoms with Crippen LogP contribution in [0.3, 0.4) is 0 Å². The molecule has 0 unspecified atom stereocenters. The first-order valence-electron chi connectivity index (χ1n) is 11.4. The number of fused-ring (bicyclic) bond motifs is 2. The molecule has 2 aliphatic rings. The van der Waals surface area contributed by atoms with E-state index in [1.807, 2.05) is 0 Å². The van der Waals surface area contributed by atoms with E-state index in [1.54, 1.807) is 6.07 Å². The Morgan fingerprint density at radius 1 is 1.14 bits per heavy atom. The van der Waals surface area contributed by atoms with Gasteiger partial charge in [0.05, 0.1) is 29.4 Å². The molecule has 0 radical (unpaired) electrons. The van der Waals surface area contributed by atoms with Crippen molar-refractivity contribution in [1.82, 2.24) is 15.0 Å². The van der Waals surface area contributed by atoms with E-state index in [9.17, 15) is 19.0 Å². The first-order chi connectivity index (χ1) is 17.1. The zero-order chi connectivity index (χ0) is 25.6. The van der Waals surface area contributed by atoms with Gasteiger partial charge in [0.1, 0.15) is 35.5 Å². The molecule has 5 rings (SSSR count). The number of aromatic nitrogens is 3. The Morgan fingerprint density at radius 2 is 1.86 bits per heavy atom. The Balaban J connectivity index is 1.30. The minimum Gasteiger partial charge on any atom is -0.456 e. The molecule has 0 bridgehead atoms. The topological polar surface area (TPSA) is 110 Å². The largest absolute Gasteiger partial charge is 0.456 e. The van der Waals surface area contributed by atoms with Crippen molar-refractivity contribution in [3.05, 3.63) is 51.7 Å². The van der Waals surface area contributed by atoms with Gasteiger partial charge in [0.25, 0.3) is 6.01 Å². The van der Waals surface area contributed by atoms with Crippen LogP contribution in [-0.2, 0) is 22.3 Å². The molecule has 8 nitrogen and oxygen atoms in total. The number of hydrogen-bond donors (Lipinski definition) is 3. The SMILES string of the molecule is CC(C)(O)C#Cc1cc(F)c(CCc2nc3nc(O[C@@H]4CO[C@H]5[C@@H]4OC[C@H]5O)[nH]c3cc2Cl)c(F)c1. The fourth-order valence-electron chi connectivity index (χ4n) is 4.23. The number of aliphatic hydroxyl groups excluding tert-OH is 1. The van der Waals surface area contributed by atoms with Crippen molar-refractivity contribution in [2.75, 3.05) is 13.2 Å². The normalized spacial score (nSPS) is 23.5. The first-order valence-corrected chi connectivity index (χ1v) is 11.8. The van der Waals surface area contributed by atoms with E-state index in [0.29, 0.717) is 21.9 Å². The third-order valence-electron chi connectivity index (χ3n) is 5.99. The number of halogens is 3. The van der Waals surface area contributed by atoms with Crippen molar-refractivity contribution in [3.63, 3.8) is 0 Å². The van der Waals surface area contributed by atoms with E-state index in [2.05, 4.69) is 26.8 Å². The molecule has 2 aliphatic heterocycles. The second kappa shape index (κ2) is 9.57. The van der Waals surface area contributed by atoms with Crippen molar-refractivity contribution < 1.29 is 33.2 Å². The number of H-pyrrole nitrogens is 1. The number of nitrogens with zero attached hydrogens (tertiary/aromatic N) is 2. The van der Waals surface area contributed by atoms with Crippen LogP contribution in [-0.4, -0.2) is 68.4 Å². The van der Waals surface area contributed by atoms with E-state index in [0.717, 1.165) is 12.1 Å². The molecule has 1 aromatic carbocycles. The van der Waals surface area contributed by atoms with Crippen molar-refractivity contribution in [1.29, 1.82) is 0 Å². The third kappa shape index (κ3) is 5.16. The maximum atomic E-state index is 14.6. The molecule has 2 saturated heterocycles. The van der Waals surface area contributed by atoms with Gasteiger partial charge in [-0.1, -0.05) is 23.4 Å². The highest BCUT2D eigenvalue weighted by Crippen LogP contribution is 2.30. The highest BCUT2D eigenvalue weighted by atomic mass is 35.5. The molecule has 11 heteroatoms. The summed E-state index contributed by atoms with van der Waals surface area (Å²) in [5, 5.41) is 19.9. The van der Waals surface area contributed by atoms with Gasteiger partial charge in [0, 0.05) is 11.1 Å². The molecule has 190 valence electrons. The number of benzene rings is 1. The van der Waals surface area contributed by atoms with Crippen molar-refractivity contribution in [3.8, 4) is 17.9 Å². The summed E-state index contributed by atoms with van der Waals surface area (Å²) in [6.07, 6.45) is -1.75. The number of pyridine rings is 1. The molecule has 2 aromatic heterocycles. The zero-order valence-corrected chi connectivity index (χ0v) is 20.3. The quantitative estimate of drug-likeness (QED) is 0.445. The Labute approximate surface area is 210 Å². The fourth-order valence-corrected chi connectivity index (χ4v) is 4.48. The summed E-state index contributed by atoms with van der Waals surface area (Å²) in [4.78, 5) is 11.8. The van der Waals surface area contributed by atoms with Crippen LogP contribution in [0, 0.1) is 23.5 Å². The number of imidazole rings is 1. The number of aromatic amines is 1. The molecule has 4 heterocycles. The maximum absolute atomic E-state index is 14.6. The Bertz CT molecular complexity index is 1340. The van der Waals surface area contributed by atoms with Crippen LogP contribution in [0.15, 0.2) is 18.2 Å². The Kier molecular flexibility index (Phi) is 6.61. The van der Waals surface area contributed by atoms with Crippen LogP contribution in [0.1, 0.15) is 30.7 Å². The smallest absolute Gasteiger partial charge is 0.296 e. The maximum Gasteiger partial charge on any atom is 0.296 e. The average molecular weight is 520 g/mol. The molecule has 0 amide bonds. The lowest BCUT2D eigenvalue weighted by atomic mass is 10.0. The van der Waals surface area contributed by atoms with Crippen molar-refractivity contribution in [2.45, 2.75) is 56.7 Å². The van der Waals surface area contributed by atoms with Crippen LogP contribution in [0.2, 0.25) is 5.02 Å². The second-order valence-electron chi connectivity index (χ2n) is 9.38. The molecule has 0 aliphatic carbocycles. The summed E-state index contributed by atoms with van der Waals surface area (Å²) in [5.41, 5.74) is 0.0538. The van der Waals surface area contributed by atoms with E-state index >= 15 is 0 Å².